The first-order valence-electron chi connectivity index (χ1n) is 4.65. The SMILES string of the molecule is CCO[C@@H]1CN(CC(N)=NO)C[C@H]1O. The van der Waals surface area contributed by atoms with Crippen molar-refractivity contribution in [2.75, 3.05) is 26.2 Å². The van der Waals surface area contributed by atoms with Crippen LogP contribution in [-0.4, -0.2) is 59.5 Å². The van der Waals surface area contributed by atoms with Gasteiger partial charge in [-0.2, -0.15) is 0 Å². The van der Waals surface area contributed by atoms with Crippen LogP contribution in [0.25, 0.3) is 0 Å². The maximum Gasteiger partial charge on any atom is 0.153 e. The van der Waals surface area contributed by atoms with Gasteiger partial charge in [-0.15, -0.1) is 0 Å². The number of nitrogens with two attached hydrogens (primary N) is 1. The Kier molecular flexibility index (Phi) is 4.12. The summed E-state index contributed by atoms with van der Waals surface area (Å²) in [5.74, 6) is 0.148. The van der Waals surface area contributed by atoms with Crippen molar-refractivity contribution in [3.05, 3.63) is 0 Å². The predicted molar refractivity (Wildman–Crippen MR) is 51.3 cm³/mol. The van der Waals surface area contributed by atoms with Crippen LogP contribution in [0.3, 0.4) is 0 Å². The summed E-state index contributed by atoms with van der Waals surface area (Å²) in [5, 5.41) is 20.8. The van der Waals surface area contributed by atoms with E-state index in [-0.39, 0.29) is 11.9 Å². The van der Waals surface area contributed by atoms with Gasteiger partial charge in [0, 0.05) is 19.7 Å². The first kappa shape index (κ1) is 11.2. The van der Waals surface area contributed by atoms with Gasteiger partial charge in [-0.3, -0.25) is 4.90 Å². The summed E-state index contributed by atoms with van der Waals surface area (Å²) in [6, 6.07) is 0. The number of amidine groups is 1. The van der Waals surface area contributed by atoms with E-state index in [2.05, 4.69) is 5.16 Å². The molecule has 0 bridgehead atoms. The Morgan fingerprint density at radius 2 is 2.36 bits per heavy atom. The molecule has 0 aliphatic carbocycles. The monoisotopic (exact) mass is 203 g/mol. The second-order valence-electron chi connectivity index (χ2n) is 3.35. The molecule has 0 aromatic carbocycles. The normalized spacial score (nSPS) is 29.7. The third-order valence-electron chi connectivity index (χ3n) is 2.21. The van der Waals surface area contributed by atoms with Crippen molar-refractivity contribution >= 4 is 5.84 Å². The molecular formula is C8H17N3O3. The van der Waals surface area contributed by atoms with Crippen molar-refractivity contribution in [2.45, 2.75) is 19.1 Å². The number of hydrogen-bond acceptors (Lipinski definition) is 5. The molecule has 6 heteroatoms. The van der Waals surface area contributed by atoms with Crippen molar-refractivity contribution in [3.8, 4) is 0 Å². The molecule has 4 N–H and O–H groups in total. The lowest BCUT2D eigenvalue weighted by molar-refractivity contribution is -0.00236. The number of likely N-dealkylation sites (tertiary alicyclic amines) is 1. The lowest BCUT2D eigenvalue weighted by atomic mass is 10.3. The fourth-order valence-electron chi connectivity index (χ4n) is 1.60. The average molecular weight is 203 g/mol. The molecule has 0 saturated carbocycles. The number of hydrogen-bond donors (Lipinski definition) is 3. The van der Waals surface area contributed by atoms with E-state index in [0.29, 0.717) is 26.2 Å². The number of nitrogens with zero attached hydrogens (tertiary/aromatic N) is 2. The van der Waals surface area contributed by atoms with E-state index in [9.17, 15) is 5.11 Å². The molecular weight excluding hydrogens is 186 g/mol. The smallest absolute Gasteiger partial charge is 0.153 e. The first-order valence-corrected chi connectivity index (χ1v) is 4.65. The van der Waals surface area contributed by atoms with Gasteiger partial charge in [0.05, 0.1) is 18.8 Å². The second-order valence-corrected chi connectivity index (χ2v) is 3.35. The fourth-order valence-corrected chi connectivity index (χ4v) is 1.60. The van der Waals surface area contributed by atoms with Crippen LogP contribution in [-0.2, 0) is 4.74 Å². The number of ether oxygens (including phenoxy) is 1. The van der Waals surface area contributed by atoms with E-state index in [1.807, 2.05) is 11.8 Å². The maximum atomic E-state index is 9.57. The first-order chi connectivity index (χ1) is 6.67. The van der Waals surface area contributed by atoms with Crippen LogP contribution >= 0.6 is 0 Å². The largest absolute Gasteiger partial charge is 0.409 e. The summed E-state index contributed by atoms with van der Waals surface area (Å²) < 4.78 is 5.33. The van der Waals surface area contributed by atoms with Gasteiger partial charge < -0.3 is 20.8 Å². The highest BCUT2D eigenvalue weighted by molar-refractivity contribution is 5.81. The highest BCUT2D eigenvalue weighted by Crippen LogP contribution is 2.12. The van der Waals surface area contributed by atoms with Crippen molar-refractivity contribution < 1.29 is 15.1 Å². The minimum absolute atomic E-state index is 0.148. The predicted octanol–water partition coefficient (Wildman–Crippen LogP) is -1.19. The zero-order valence-electron chi connectivity index (χ0n) is 8.26. The summed E-state index contributed by atoms with van der Waals surface area (Å²) in [7, 11) is 0. The topological polar surface area (TPSA) is 91.3 Å². The highest BCUT2D eigenvalue weighted by atomic mass is 16.5. The second kappa shape index (κ2) is 5.14. The zero-order chi connectivity index (χ0) is 10.6. The van der Waals surface area contributed by atoms with Crippen molar-refractivity contribution in [1.29, 1.82) is 0 Å². The molecule has 1 aliphatic rings. The van der Waals surface area contributed by atoms with Crippen LogP contribution in [0, 0.1) is 0 Å². The van der Waals surface area contributed by atoms with Gasteiger partial charge in [0.15, 0.2) is 5.84 Å². The van der Waals surface area contributed by atoms with Crippen LogP contribution in [0.5, 0.6) is 0 Å². The highest BCUT2D eigenvalue weighted by Gasteiger charge is 2.31. The zero-order valence-corrected chi connectivity index (χ0v) is 8.26. The molecule has 1 saturated heterocycles. The molecule has 0 aromatic rings. The van der Waals surface area contributed by atoms with Crippen molar-refractivity contribution in [1.82, 2.24) is 4.90 Å². The molecule has 1 rings (SSSR count). The van der Waals surface area contributed by atoms with E-state index in [0.717, 1.165) is 0 Å². The molecule has 0 spiro atoms. The Morgan fingerprint density at radius 1 is 1.64 bits per heavy atom. The Balaban J connectivity index is 2.38. The molecule has 0 unspecified atom stereocenters. The summed E-state index contributed by atoms with van der Waals surface area (Å²) in [6.45, 7) is 3.95. The molecule has 1 fully saturated rings. The third kappa shape index (κ3) is 2.83. The van der Waals surface area contributed by atoms with Gasteiger partial charge in [0.25, 0.3) is 0 Å². The minimum atomic E-state index is -0.485. The Labute approximate surface area is 82.9 Å². The number of β-amino-alcohol motifs (C(OH)–C–C–N with tert-alkyl or cyclic N) is 1. The molecule has 82 valence electrons. The van der Waals surface area contributed by atoms with Crippen LogP contribution < -0.4 is 5.73 Å². The van der Waals surface area contributed by atoms with Gasteiger partial charge in [0.2, 0.25) is 0 Å². The van der Waals surface area contributed by atoms with E-state index >= 15 is 0 Å². The van der Waals surface area contributed by atoms with Crippen LogP contribution in [0.2, 0.25) is 0 Å². The van der Waals surface area contributed by atoms with E-state index < -0.39 is 6.10 Å². The lowest BCUT2D eigenvalue weighted by Gasteiger charge is -2.14. The van der Waals surface area contributed by atoms with Crippen LogP contribution in [0.1, 0.15) is 6.92 Å². The summed E-state index contributed by atoms with van der Waals surface area (Å²) >= 11 is 0. The number of oxime groups is 1. The molecule has 6 nitrogen and oxygen atoms in total. The molecule has 1 heterocycles. The summed E-state index contributed by atoms with van der Waals surface area (Å²) in [5.41, 5.74) is 5.35. The fraction of sp³-hybridized carbons (Fsp3) is 0.875. The van der Waals surface area contributed by atoms with Gasteiger partial charge in [0.1, 0.15) is 0 Å². The Hall–Kier alpha value is -0.850. The molecule has 0 amide bonds. The molecule has 0 aromatic heterocycles. The van der Waals surface area contributed by atoms with Crippen molar-refractivity contribution in [3.63, 3.8) is 0 Å². The van der Waals surface area contributed by atoms with Gasteiger partial charge in [-0.1, -0.05) is 5.16 Å². The molecule has 2 atom stereocenters. The number of aliphatic hydroxyl groups excluding tert-OH is 1. The molecule has 1 aliphatic heterocycles. The number of aliphatic hydroxyl groups is 1. The summed E-state index contributed by atoms with van der Waals surface area (Å²) in [4.78, 5) is 1.89. The minimum Gasteiger partial charge on any atom is -0.409 e. The van der Waals surface area contributed by atoms with Gasteiger partial charge >= 0.3 is 0 Å². The lowest BCUT2D eigenvalue weighted by Crippen LogP contribution is -2.33. The van der Waals surface area contributed by atoms with Gasteiger partial charge in [-0.25, -0.2) is 0 Å². The molecule has 0 radical (unpaired) electrons. The Bertz CT molecular complexity index is 210. The maximum absolute atomic E-state index is 9.57. The molecule has 14 heavy (non-hydrogen) atoms. The quantitative estimate of drug-likeness (QED) is 0.231. The Morgan fingerprint density at radius 3 is 2.93 bits per heavy atom. The van der Waals surface area contributed by atoms with E-state index in [1.165, 1.54) is 0 Å². The number of rotatable bonds is 4. The van der Waals surface area contributed by atoms with Crippen LogP contribution in [0.4, 0.5) is 0 Å². The van der Waals surface area contributed by atoms with E-state index in [1.54, 1.807) is 0 Å². The van der Waals surface area contributed by atoms with E-state index in [4.69, 9.17) is 15.7 Å². The average Bonchev–Trinajstić information content (AvgIpc) is 2.47. The van der Waals surface area contributed by atoms with Gasteiger partial charge in [-0.05, 0) is 6.92 Å². The van der Waals surface area contributed by atoms with Crippen LogP contribution in [0.15, 0.2) is 5.16 Å². The third-order valence-corrected chi connectivity index (χ3v) is 2.21. The standard InChI is InChI=1S/C8H17N3O3/c1-2-14-7-4-11(3-6(7)12)5-8(9)10-13/h6-7,12-13H,2-5H2,1H3,(H2,9,10)/t6-,7-/m1/s1. The summed E-state index contributed by atoms with van der Waals surface area (Å²) in [6.07, 6.45) is -0.645. The van der Waals surface area contributed by atoms with Crippen molar-refractivity contribution in [2.24, 2.45) is 10.9 Å².